The normalized spacial score (nSPS) is 49.7. The summed E-state index contributed by atoms with van der Waals surface area (Å²) in [6.07, 6.45) is -0.566. The van der Waals surface area contributed by atoms with Crippen LogP contribution in [0.5, 0.6) is 0 Å². The second-order valence-electron chi connectivity index (χ2n) is 4.84. The zero-order valence-electron chi connectivity index (χ0n) is 9.84. The van der Waals surface area contributed by atoms with Crippen LogP contribution in [0.3, 0.4) is 0 Å². The number of esters is 2. The van der Waals surface area contributed by atoms with Gasteiger partial charge in [0.25, 0.3) is 0 Å². The van der Waals surface area contributed by atoms with Gasteiger partial charge in [-0.05, 0) is 6.92 Å². The zero-order valence-corrected chi connectivity index (χ0v) is 9.84. The minimum absolute atomic E-state index is 0.0787. The molecule has 6 heteroatoms. The molecule has 6 nitrogen and oxygen atoms in total. The molecular weight excluding hydrogens is 228 g/mol. The molecule has 0 amide bonds. The van der Waals surface area contributed by atoms with Crippen molar-refractivity contribution < 1.29 is 28.5 Å². The molecule has 0 aromatic heterocycles. The number of fused-ring (bicyclic) bond motifs is 5. The van der Waals surface area contributed by atoms with E-state index in [2.05, 4.69) is 0 Å². The summed E-state index contributed by atoms with van der Waals surface area (Å²) >= 11 is 0. The zero-order chi connectivity index (χ0) is 12.4. The first kappa shape index (κ1) is 11.0. The molecule has 3 saturated heterocycles. The van der Waals surface area contributed by atoms with E-state index in [1.807, 2.05) is 0 Å². The van der Waals surface area contributed by atoms with Crippen LogP contribution in [0.15, 0.2) is 0 Å². The first-order chi connectivity index (χ1) is 8.04. The Hall–Kier alpha value is -1.14. The SMILES string of the molecule is COC(=O)[C@@H]1[C@H]2O[C@@](C)([C@@H]3O[C@H]23)[C@H]1C(=O)OC. The molecule has 94 valence electrons. The van der Waals surface area contributed by atoms with Crippen LogP contribution < -0.4 is 0 Å². The Morgan fingerprint density at radius 3 is 2.35 bits per heavy atom. The molecule has 3 rings (SSSR count). The van der Waals surface area contributed by atoms with Gasteiger partial charge < -0.3 is 18.9 Å². The lowest BCUT2D eigenvalue weighted by Gasteiger charge is -2.28. The van der Waals surface area contributed by atoms with Crippen molar-refractivity contribution >= 4 is 11.9 Å². The monoisotopic (exact) mass is 242 g/mol. The largest absolute Gasteiger partial charge is 0.469 e. The van der Waals surface area contributed by atoms with Crippen LogP contribution in [0.4, 0.5) is 0 Å². The summed E-state index contributed by atoms with van der Waals surface area (Å²) in [6.45, 7) is 1.79. The lowest BCUT2D eigenvalue weighted by atomic mass is 9.72. The topological polar surface area (TPSA) is 74.4 Å². The average molecular weight is 242 g/mol. The molecule has 0 aromatic carbocycles. The van der Waals surface area contributed by atoms with Crippen LogP contribution in [-0.4, -0.2) is 50.1 Å². The van der Waals surface area contributed by atoms with Gasteiger partial charge in [-0.2, -0.15) is 0 Å². The van der Waals surface area contributed by atoms with Gasteiger partial charge in [0.1, 0.15) is 35.7 Å². The average Bonchev–Trinajstić information content (AvgIpc) is 3.02. The van der Waals surface area contributed by atoms with Crippen LogP contribution in [0, 0.1) is 11.8 Å². The smallest absolute Gasteiger partial charge is 0.312 e. The minimum atomic E-state index is -0.763. The van der Waals surface area contributed by atoms with Crippen molar-refractivity contribution in [3.05, 3.63) is 0 Å². The number of hydrogen-bond donors (Lipinski definition) is 0. The molecular formula is C11H14O6. The number of methoxy groups -OCH3 is 2. The van der Waals surface area contributed by atoms with Crippen molar-refractivity contribution in [3.63, 3.8) is 0 Å². The summed E-state index contributed by atoms with van der Waals surface area (Å²) in [6, 6.07) is 0. The van der Waals surface area contributed by atoms with Crippen molar-refractivity contribution in [2.45, 2.75) is 30.8 Å². The number of rotatable bonds is 2. The highest BCUT2D eigenvalue weighted by molar-refractivity contribution is 5.85. The van der Waals surface area contributed by atoms with Crippen molar-refractivity contribution in [2.24, 2.45) is 11.8 Å². The lowest BCUT2D eigenvalue weighted by molar-refractivity contribution is -0.159. The highest BCUT2D eigenvalue weighted by atomic mass is 16.7. The molecule has 0 radical (unpaired) electrons. The maximum Gasteiger partial charge on any atom is 0.312 e. The molecule has 3 aliphatic rings. The van der Waals surface area contributed by atoms with Gasteiger partial charge in [-0.1, -0.05) is 0 Å². The van der Waals surface area contributed by atoms with Crippen molar-refractivity contribution in [2.75, 3.05) is 14.2 Å². The standard InChI is InChI=1S/C11H14O6/c1-11-5(10(13)15-3)4(9(12)14-2)6(17-11)7-8(11)16-7/h4-8H,1-3H3/t4-,5+,6+,7+,8+,11+/m0/s1. The number of carbonyl (C=O) groups is 2. The maximum atomic E-state index is 11.8. The molecule has 6 atom stereocenters. The van der Waals surface area contributed by atoms with Gasteiger partial charge in [-0.15, -0.1) is 0 Å². The molecule has 17 heavy (non-hydrogen) atoms. The Morgan fingerprint density at radius 2 is 1.76 bits per heavy atom. The summed E-state index contributed by atoms with van der Waals surface area (Å²) < 4.78 is 20.7. The molecule has 0 saturated carbocycles. The number of hydrogen-bond acceptors (Lipinski definition) is 6. The van der Waals surface area contributed by atoms with Gasteiger partial charge in [0, 0.05) is 0 Å². The van der Waals surface area contributed by atoms with Crippen LogP contribution in [0.2, 0.25) is 0 Å². The van der Waals surface area contributed by atoms with E-state index in [9.17, 15) is 9.59 Å². The van der Waals surface area contributed by atoms with Gasteiger partial charge in [0.2, 0.25) is 0 Å². The second kappa shape index (κ2) is 3.20. The lowest BCUT2D eigenvalue weighted by Crippen LogP contribution is -2.48. The summed E-state index contributed by atoms with van der Waals surface area (Å²) in [4.78, 5) is 23.6. The second-order valence-corrected chi connectivity index (χ2v) is 4.84. The van der Waals surface area contributed by atoms with Gasteiger partial charge >= 0.3 is 11.9 Å². The summed E-state index contributed by atoms with van der Waals surface area (Å²) in [5, 5.41) is 0. The van der Waals surface area contributed by atoms with E-state index in [1.165, 1.54) is 14.2 Å². The Bertz CT molecular complexity index is 393. The summed E-state index contributed by atoms with van der Waals surface area (Å²) in [5.41, 5.74) is -0.763. The Kier molecular flexibility index (Phi) is 2.07. The van der Waals surface area contributed by atoms with Gasteiger partial charge in [0.05, 0.1) is 14.2 Å². The third kappa shape index (κ3) is 1.17. The molecule has 3 aliphatic heterocycles. The quantitative estimate of drug-likeness (QED) is 0.480. The molecule has 0 N–H and O–H groups in total. The van der Waals surface area contributed by atoms with E-state index >= 15 is 0 Å². The van der Waals surface area contributed by atoms with E-state index in [-0.39, 0.29) is 18.3 Å². The molecule has 0 spiro atoms. The third-order valence-corrected chi connectivity index (χ3v) is 4.06. The van der Waals surface area contributed by atoms with E-state index in [0.29, 0.717) is 0 Å². The fourth-order valence-electron chi connectivity index (χ4n) is 3.25. The van der Waals surface area contributed by atoms with Gasteiger partial charge in [-0.3, -0.25) is 9.59 Å². The molecule has 3 heterocycles. The third-order valence-electron chi connectivity index (χ3n) is 4.06. The minimum Gasteiger partial charge on any atom is -0.469 e. The van der Waals surface area contributed by atoms with E-state index in [4.69, 9.17) is 18.9 Å². The highest BCUT2D eigenvalue weighted by Gasteiger charge is 2.78. The molecule has 2 bridgehead atoms. The van der Waals surface area contributed by atoms with Crippen LogP contribution in [0.1, 0.15) is 6.92 Å². The molecule has 0 aromatic rings. The maximum absolute atomic E-state index is 11.8. The predicted molar refractivity (Wildman–Crippen MR) is 53.0 cm³/mol. The number of epoxide rings is 1. The van der Waals surface area contributed by atoms with Gasteiger partial charge in [-0.25, -0.2) is 0 Å². The highest BCUT2D eigenvalue weighted by Crippen LogP contribution is 2.60. The van der Waals surface area contributed by atoms with E-state index in [0.717, 1.165) is 0 Å². The molecule has 0 aliphatic carbocycles. The Balaban J connectivity index is 1.97. The van der Waals surface area contributed by atoms with Crippen molar-refractivity contribution in [1.82, 2.24) is 0 Å². The van der Waals surface area contributed by atoms with E-state index < -0.39 is 29.4 Å². The summed E-state index contributed by atoms with van der Waals surface area (Å²) in [7, 11) is 2.60. The van der Waals surface area contributed by atoms with Crippen molar-refractivity contribution in [1.29, 1.82) is 0 Å². The van der Waals surface area contributed by atoms with Crippen LogP contribution in [-0.2, 0) is 28.5 Å². The Morgan fingerprint density at radius 1 is 1.12 bits per heavy atom. The summed E-state index contributed by atoms with van der Waals surface area (Å²) in [5.74, 6) is -2.16. The first-order valence-electron chi connectivity index (χ1n) is 5.53. The fourth-order valence-corrected chi connectivity index (χ4v) is 3.25. The van der Waals surface area contributed by atoms with Crippen molar-refractivity contribution in [3.8, 4) is 0 Å². The predicted octanol–water partition coefficient (Wildman–Crippen LogP) is -0.497. The molecule has 0 unspecified atom stereocenters. The number of ether oxygens (including phenoxy) is 4. The first-order valence-corrected chi connectivity index (χ1v) is 5.53. The van der Waals surface area contributed by atoms with E-state index in [1.54, 1.807) is 6.92 Å². The van der Waals surface area contributed by atoms with Gasteiger partial charge in [0.15, 0.2) is 0 Å². The Labute approximate surface area is 98.1 Å². The molecule has 3 fully saturated rings. The fraction of sp³-hybridized carbons (Fsp3) is 0.818. The number of carbonyl (C=O) groups excluding carboxylic acids is 2. The van der Waals surface area contributed by atoms with Crippen LogP contribution in [0.25, 0.3) is 0 Å². The van der Waals surface area contributed by atoms with Crippen LogP contribution >= 0.6 is 0 Å².